The number of hydrogen-bond donors (Lipinski definition) is 0. The van der Waals surface area contributed by atoms with Gasteiger partial charge in [-0.2, -0.15) is 9.97 Å². The van der Waals surface area contributed by atoms with E-state index in [0.29, 0.717) is 30.5 Å². The fourth-order valence-electron chi connectivity index (χ4n) is 4.07. The summed E-state index contributed by atoms with van der Waals surface area (Å²) in [6, 6.07) is -0.357. The van der Waals surface area contributed by atoms with E-state index in [1.807, 2.05) is 60.3 Å². The Balaban J connectivity index is 1.91. The molecule has 1 saturated heterocycles. The minimum Gasteiger partial charge on any atom is -0.484 e. The van der Waals surface area contributed by atoms with Crippen LogP contribution in [0, 0.1) is 5.92 Å². The van der Waals surface area contributed by atoms with E-state index in [1.165, 1.54) is 4.90 Å². The normalized spacial score (nSPS) is 20.4. The van der Waals surface area contributed by atoms with Crippen LogP contribution in [-0.4, -0.2) is 77.1 Å². The standard InChI is InChI=1S/C24H38ClN5O5/c1-14(2)16-13-33-17-18(26-20(25)27-19(17)30(16)22(32)35-24(6,7)8)29-11-10-15(12-29)28(9)21(31)34-23(3,4)5/h14-16H,10-13H2,1-9H3/t15-,16+/m1/s1. The zero-order valence-electron chi connectivity index (χ0n) is 22.2. The topological polar surface area (TPSA) is 97.3 Å². The van der Waals surface area contributed by atoms with Crippen LogP contribution >= 0.6 is 11.6 Å². The largest absolute Gasteiger partial charge is 0.484 e. The van der Waals surface area contributed by atoms with E-state index < -0.39 is 17.3 Å². The van der Waals surface area contributed by atoms with Gasteiger partial charge in [0, 0.05) is 20.1 Å². The molecule has 2 atom stereocenters. The average Bonchev–Trinajstić information content (AvgIpc) is 3.18. The maximum atomic E-state index is 13.2. The minimum atomic E-state index is -0.675. The van der Waals surface area contributed by atoms with E-state index in [0.717, 1.165) is 6.42 Å². The molecule has 10 nitrogen and oxygen atoms in total. The lowest BCUT2D eigenvalue weighted by atomic mass is 10.0. The number of likely N-dealkylation sites (N-methyl/N-ethyl adjacent to an activating group) is 1. The Labute approximate surface area is 212 Å². The number of hydrogen-bond acceptors (Lipinski definition) is 8. The minimum absolute atomic E-state index is 0.00395. The highest BCUT2D eigenvalue weighted by molar-refractivity contribution is 6.28. The van der Waals surface area contributed by atoms with E-state index >= 15 is 0 Å². The first-order valence-corrected chi connectivity index (χ1v) is 12.4. The first-order valence-electron chi connectivity index (χ1n) is 12.0. The molecular formula is C24H38ClN5O5. The molecule has 35 heavy (non-hydrogen) atoms. The molecule has 1 aromatic heterocycles. The summed E-state index contributed by atoms with van der Waals surface area (Å²) >= 11 is 6.34. The zero-order valence-corrected chi connectivity index (χ0v) is 23.0. The molecule has 0 aliphatic carbocycles. The van der Waals surface area contributed by atoms with Gasteiger partial charge in [0.1, 0.15) is 17.8 Å². The number of aromatic nitrogens is 2. The smallest absolute Gasteiger partial charge is 0.416 e. The highest BCUT2D eigenvalue weighted by atomic mass is 35.5. The van der Waals surface area contributed by atoms with Crippen LogP contribution in [0.5, 0.6) is 5.75 Å². The van der Waals surface area contributed by atoms with Crippen molar-refractivity contribution in [3.05, 3.63) is 5.28 Å². The Morgan fingerprint density at radius 3 is 2.26 bits per heavy atom. The summed E-state index contributed by atoms with van der Waals surface area (Å²) in [5, 5.41) is 0.00395. The van der Waals surface area contributed by atoms with Gasteiger partial charge in [0.25, 0.3) is 0 Å². The van der Waals surface area contributed by atoms with Crippen molar-refractivity contribution < 1.29 is 23.8 Å². The van der Waals surface area contributed by atoms with Crippen LogP contribution < -0.4 is 14.5 Å². The molecular weight excluding hydrogens is 474 g/mol. The molecule has 0 radical (unpaired) electrons. The van der Waals surface area contributed by atoms with Gasteiger partial charge < -0.3 is 24.0 Å². The monoisotopic (exact) mass is 511 g/mol. The van der Waals surface area contributed by atoms with Gasteiger partial charge in [-0.05, 0) is 65.5 Å². The Hall–Kier alpha value is -2.49. The van der Waals surface area contributed by atoms with Crippen molar-refractivity contribution in [2.24, 2.45) is 5.92 Å². The quantitative estimate of drug-likeness (QED) is 0.537. The van der Waals surface area contributed by atoms with Crippen LogP contribution in [0.1, 0.15) is 61.8 Å². The average molecular weight is 512 g/mol. The van der Waals surface area contributed by atoms with Gasteiger partial charge in [-0.3, -0.25) is 4.90 Å². The third-order valence-electron chi connectivity index (χ3n) is 5.81. The summed E-state index contributed by atoms with van der Waals surface area (Å²) in [7, 11) is 1.73. The lowest BCUT2D eigenvalue weighted by molar-refractivity contribution is 0.0237. The van der Waals surface area contributed by atoms with Crippen molar-refractivity contribution in [1.82, 2.24) is 14.9 Å². The highest BCUT2D eigenvalue weighted by Gasteiger charge is 2.42. The van der Waals surface area contributed by atoms with Crippen LogP contribution in [0.4, 0.5) is 21.2 Å². The first-order chi connectivity index (χ1) is 16.1. The molecule has 0 saturated carbocycles. The predicted molar refractivity (Wildman–Crippen MR) is 134 cm³/mol. The number of rotatable bonds is 3. The van der Waals surface area contributed by atoms with E-state index in [1.54, 1.807) is 11.9 Å². The molecule has 0 N–H and O–H groups in total. The van der Waals surface area contributed by atoms with Crippen molar-refractivity contribution >= 4 is 35.4 Å². The predicted octanol–water partition coefficient (Wildman–Crippen LogP) is 4.73. The molecule has 196 valence electrons. The number of ether oxygens (including phenoxy) is 3. The second-order valence-electron chi connectivity index (χ2n) is 11.4. The number of amides is 2. The highest BCUT2D eigenvalue weighted by Crippen LogP contribution is 2.43. The Morgan fingerprint density at radius 2 is 1.69 bits per heavy atom. The molecule has 3 rings (SSSR count). The number of nitrogens with zero attached hydrogens (tertiary/aromatic N) is 5. The molecule has 3 heterocycles. The van der Waals surface area contributed by atoms with E-state index in [2.05, 4.69) is 9.97 Å². The molecule has 1 aromatic rings. The van der Waals surface area contributed by atoms with Crippen molar-refractivity contribution in [3.63, 3.8) is 0 Å². The van der Waals surface area contributed by atoms with Gasteiger partial charge in [0.05, 0.1) is 12.1 Å². The Kier molecular flexibility index (Phi) is 7.64. The third-order valence-corrected chi connectivity index (χ3v) is 5.98. The van der Waals surface area contributed by atoms with Gasteiger partial charge in [-0.1, -0.05) is 13.8 Å². The van der Waals surface area contributed by atoms with E-state index in [4.69, 9.17) is 25.8 Å². The van der Waals surface area contributed by atoms with Crippen molar-refractivity contribution in [1.29, 1.82) is 0 Å². The summed E-state index contributed by atoms with van der Waals surface area (Å²) in [6.45, 7) is 16.4. The van der Waals surface area contributed by atoms with Crippen LogP contribution in [0.2, 0.25) is 5.28 Å². The van der Waals surface area contributed by atoms with Gasteiger partial charge in [-0.15, -0.1) is 0 Å². The maximum Gasteiger partial charge on any atom is 0.416 e. The second kappa shape index (κ2) is 9.87. The van der Waals surface area contributed by atoms with Crippen LogP contribution in [0.15, 0.2) is 0 Å². The third kappa shape index (κ3) is 6.39. The number of fused-ring (bicyclic) bond motifs is 1. The molecule has 2 aliphatic heterocycles. The van der Waals surface area contributed by atoms with Gasteiger partial charge >= 0.3 is 12.2 Å². The lowest BCUT2D eigenvalue weighted by Crippen LogP contribution is -2.52. The fourth-order valence-corrected chi connectivity index (χ4v) is 4.23. The van der Waals surface area contributed by atoms with Crippen LogP contribution in [0.25, 0.3) is 0 Å². The fraction of sp³-hybridized carbons (Fsp3) is 0.750. The summed E-state index contributed by atoms with van der Waals surface area (Å²) in [6.07, 6.45) is -0.166. The van der Waals surface area contributed by atoms with E-state index in [9.17, 15) is 9.59 Å². The summed E-state index contributed by atoms with van der Waals surface area (Å²) < 4.78 is 17.3. The Morgan fingerprint density at radius 1 is 1.09 bits per heavy atom. The molecule has 2 amide bonds. The zero-order chi connectivity index (χ0) is 26.3. The van der Waals surface area contributed by atoms with Crippen molar-refractivity contribution in [3.8, 4) is 5.75 Å². The molecule has 11 heteroatoms. The summed E-state index contributed by atoms with van der Waals surface area (Å²) in [4.78, 5) is 39.8. The number of carbonyl (C=O) groups excluding carboxylic acids is 2. The molecule has 0 spiro atoms. The molecule has 2 aliphatic rings. The lowest BCUT2D eigenvalue weighted by Gasteiger charge is -2.39. The van der Waals surface area contributed by atoms with Gasteiger partial charge in [0.2, 0.25) is 11.0 Å². The molecule has 0 unspecified atom stereocenters. The second-order valence-corrected chi connectivity index (χ2v) is 11.8. The van der Waals surface area contributed by atoms with Crippen molar-refractivity contribution in [2.75, 3.05) is 36.5 Å². The van der Waals surface area contributed by atoms with E-state index in [-0.39, 0.29) is 36.0 Å². The number of carbonyl (C=O) groups is 2. The van der Waals surface area contributed by atoms with Gasteiger partial charge in [-0.25, -0.2) is 9.59 Å². The summed E-state index contributed by atoms with van der Waals surface area (Å²) in [5.41, 5.74) is -1.25. The number of anilines is 2. The molecule has 1 fully saturated rings. The molecule has 0 bridgehead atoms. The first kappa shape index (κ1) is 27.1. The van der Waals surface area contributed by atoms with Crippen LogP contribution in [0.3, 0.4) is 0 Å². The number of halogens is 1. The SMILES string of the molecule is CC(C)[C@@H]1COc2c(N3CC[C@@H](N(C)C(=O)OC(C)(C)C)C3)nc(Cl)nc2N1C(=O)OC(C)(C)C. The Bertz CT molecular complexity index is 959. The van der Waals surface area contributed by atoms with Crippen molar-refractivity contribution in [2.45, 2.75) is 85.1 Å². The van der Waals surface area contributed by atoms with Gasteiger partial charge in [0.15, 0.2) is 11.6 Å². The molecule has 0 aromatic carbocycles. The van der Waals surface area contributed by atoms with Crippen LogP contribution in [-0.2, 0) is 9.47 Å². The maximum absolute atomic E-state index is 13.2. The summed E-state index contributed by atoms with van der Waals surface area (Å²) in [5.74, 6) is 1.27.